The Hall–Kier alpha value is -1.70. The SMILES string of the molecule is C/C=C/CCc1cc2ccc([C@@H]3CC[C@@H]4CC(CCCCCCC)CCC4C3)c(F)c2cc1F. The number of allylic oxidation sites excluding steroid dienone is 2. The maximum atomic E-state index is 15.6. The maximum Gasteiger partial charge on any atom is 0.134 e. The largest absolute Gasteiger partial charge is 0.207 e. The Labute approximate surface area is 206 Å². The molecule has 186 valence electrons. The van der Waals surface area contributed by atoms with Gasteiger partial charge < -0.3 is 0 Å². The predicted molar refractivity (Wildman–Crippen MR) is 141 cm³/mol. The minimum absolute atomic E-state index is 0.180. The van der Waals surface area contributed by atoms with Crippen LogP contribution in [0.15, 0.2) is 36.4 Å². The first-order valence-electron chi connectivity index (χ1n) is 14.1. The summed E-state index contributed by atoms with van der Waals surface area (Å²) in [5, 5.41) is 1.28. The lowest BCUT2D eigenvalue weighted by Gasteiger charge is -2.42. The highest BCUT2D eigenvalue weighted by atomic mass is 19.1. The monoisotopic (exact) mass is 466 g/mol. The molecule has 0 amide bonds. The van der Waals surface area contributed by atoms with E-state index in [1.165, 1.54) is 70.3 Å². The van der Waals surface area contributed by atoms with Gasteiger partial charge in [0.15, 0.2) is 0 Å². The summed E-state index contributed by atoms with van der Waals surface area (Å²) in [6.07, 6.45) is 21.3. The lowest BCUT2D eigenvalue weighted by Crippen LogP contribution is -2.30. The van der Waals surface area contributed by atoms with E-state index in [4.69, 9.17) is 0 Å². The van der Waals surface area contributed by atoms with Crippen molar-refractivity contribution >= 4 is 10.8 Å². The Morgan fingerprint density at radius 1 is 0.912 bits per heavy atom. The summed E-state index contributed by atoms with van der Waals surface area (Å²) in [5.41, 5.74) is 1.51. The molecule has 0 aromatic heterocycles. The summed E-state index contributed by atoms with van der Waals surface area (Å²) >= 11 is 0. The summed E-state index contributed by atoms with van der Waals surface area (Å²) in [6.45, 7) is 4.26. The highest BCUT2D eigenvalue weighted by molar-refractivity contribution is 5.85. The van der Waals surface area contributed by atoms with Crippen molar-refractivity contribution in [2.45, 2.75) is 110 Å². The van der Waals surface area contributed by atoms with E-state index < -0.39 is 0 Å². The van der Waals surface area contributed by atoms with Gasteiger partial charge in [-0.15, -0.1) is 0 Å². The van der Waals surface area contributed by atoms with Crippen molar-refractivity contribution in [2.75, 3.05) is 0 Å². The average molecular weight is 467 g/mol. The third-order valence-corrected chi connectivity index (χ3v) is 8.84. The minimum Gasteiger partial charge on any atom is -0.207 e. The predicted octanol–water partition coefficient (Wildman–Crippen LogP) is 10.3. The van der Waals surface area contributed by atoms with Crippen molar-refractivity contribution in [3.05, 3.63) is 59.2 Å². The first-order valence-corrected chi connectivity index (χ1v) is 14.1. The zero-order chi connectivity index (χ0) is 23.9. The number of rotatable bonds is 10. The second-order valence-corrected chi connectivity index (χ2v) is 11.2. The molecule has 4 rings (SSSR count). The molecule has 4 atom stereocenters. The van der Waals surface area contributed by atoms with E-state index in [2.05, 4.69) is 6.92 Å². The molecule has 0 bridgehead atoms. The van der Waals surface area contributed by atoms with Crippen LogP contribution in [0.4, 0.5) is 8.78 Å². The van der Waals surface area contributed by atoms with E-state index in [1.54, 1.807) is 0 Å². The molecule has 0 spiro atoms. The summed E-state index contributed by atoms with van der Waals surface area (Å²) in [4.78, 5) is 0. The number of fused-ring (bicyclic) bond motifs is 2. The van der Waals surface area contributed by atoms with Crippen LogP contribution in [0, 0.1) is 29.4 Å². The van der Waals surface area contributed by atoms with Crippen LogP contribution >= 0.6 is 0 Å². The van der Waals surface area contributed by atoms with E-state index in [9.17, 15) is 4.39 Å². The summed E-state index contributed by atoms with van der Waals surface area (Å²) in [6, 6.07) is 7.31. The highest BCUT2D eigenvalue weighted by Gasteiger charge is 2.36. The molecule has 2 aromatic carbocycles. The second kappa shape index (κ2) is 12.3. The number of halogens is 2. The van der Waals surface area contributed by atoms with Gasteiger partial charge in [-0.3, -0.25) is 0 Å². The van der Waals surface area contributed by atoms with E-state index in [0.29, 0.717) is 17.4 Å². The van der Waals surface area contributed by atoms with Crippen LogP contribution in [0.2, 0.25) is 0 Å². The lowest BCUT2D eigenvalue weighted by molar-refractivity contribution is 0.112. The Bertz CT molecular complexity index is 959. The van der Waals surface area contributed by atoms with Crippen LogP contribution in [-0.2, 0) is 6.42 Å². The van der Waals surface area contributed by atoms with Crippen molar-refractivity contribution in [1.82, 2.24) is 0 Å². The van der Waals surface area contributed by atoms with Gasteiger partial charge in [0.25, 0.3) is 0 Å². The zero-order valence-electron chi connectivity index (χ0n) is 21.4. The van der Waals surface area contributed by atoms with Crippen LogP contribution in [0.5, 0.6) is 0 Å². The molecular weight excluding hydrogens is 422 g/mol. The van der Waals surface area contributed by atoms with Crippen LogP contribution < -0.4 is 0 Å². The summed E-state index contributed by atoms with van der Waals surface area (Å²) in [5.74, 6) is 2.34. The third-order valence-electron chi connectivity index (χ3n) is 8.84. The van der Waals surface area contributed by atoms with Gasteiger partial charge in [-0.25, -0.2) is 8.78 Å². The van der Waals surface area contributed by atoms with Gasteiger partial charge in [0, 0.05) is 5.39 Å². The molecule has 0 saturated heterocycles. The molecule has 2 aliphatic carbocycles. The number of hydrogen-bond donors (Lipinski definition) is 0. The van der Waals surface area contributed by atoms with Crippen molar-refractivity contribution in [2.24, 2.45) is 17.8 Å². The fourth-order valence-electron chi connectivity index (χ4n) is 6.85. The number of hydrogen-bond acceptors (Lipinski definition) is 0. The molecule has 2 aromatic rings. The Morgan fingerprint density at radius 3 is 2.53 bits per heavy atom. The summed E-state index contributed by atoms with van der Waals surface area (Å²) in [7, 11) is 0. The Balaban J connectivity index is 1.38. The number of benzene rings is 2. The van der Waals surface area contributed by atoms with Gasteiger partial charge in [-0.05, 0) is 104 Å². The van der Waals surface area contributed by atoms with Crippen molar-refractivity contribution in [3.8, 4) is 0 Å². The third kappa shape index (κ3) is 6.10. The van der Waals surface area contributed by atoms with Crippen LogP contribution in [0.25, 0.3) is 10.8 Å². The normalized spacial score (nSPS) is 25.2. The maximum absolute atomic E-state index is 15.6. The fourth-order valence-corrected chi connectivity index (χ4v) is 6.85. The molecule has 0 heterocycles. The minimum atomic E-state index is -0.273. The quantitative estimate of drug-likeness (QED) is 0.241. The molecule has 0 N–H and O–H groups in total. The Morgan fingerprint density at radius 2 is 1.71 bits per heavy atom. The molecule has 2 saturated carbocycles. The second-order valence-electron chi connectivity index (χ2n) is 11.2. The molecule has 2 heteroatoms. The van der Waals surface area contributed by atoms with Crippen molar-refractivity contribution in [3.63, 3.8) is 0 Å². The first kappa shape index (κ1) is 25.4. The lowest BCUT2D eigenvalue weighted by atomic mass is 9.63. The van der Waals surface area contributed by atoms with Gasteiger partial charge >= 0.3 is 0 Å². The van der Waals surface area contributed by atoms with E-state index >= 15 is 4.39 Å². The molecule has 34 heavy (non-hydrogen) atoms. The Kier molecular flexibility index (Phi) is 9.20. The van der Waals surface area contributed by atoms with E-state index in [0.717, 1.165) is 48.0 Å². The van der Waals surface area contributed by atoms with Gasteiger partial charge in [0.1, 0.15) is 11.6 Å². The molecule has 0 nitrogen and oxygen atoms in total. The number of aryl methyl sites for hydroxylation is 1. The molecule has 2 fully saturated rings. The standard InChI is InChI=1S/C32H44F2/c1-3-5-7-8-10-11-23-13-14-25-20-26(16-15-24(25)19-23)29-18-17-27-21-28(12-9-6-4-2)31(33)22-30(27)32(29)34/h4,6,17-18,21-26H,3,5,7-16,19-20H2,1-2H3/b6-4+/t23?,24-,25?,26-/m1/s1. The van der Waals surface area contributed by atoms with E-state index in [1.807, 2.05) is 37.3 Å². The zero-order valence-corrected chi connectivity index (χ0v) is 21.4. The topological polar surface area (TPSA) is 0 Å². The van der Waals surface area contributed by atoms with Gasteiger partial charge in [0.2, 0.25) is 0 Å². The molecule has 2 unspecified atom stereocenters. The van der Waals surface area contributed by atoms with Gasteiger partial charge in [-0.2, -0.15) is 0 Å². The smallest absolute Gasteiger partial charge is 0.134 e. The van der Waals surface area contributed by atoms with Crippen molar-refractivity contribution in [1.29, 1.82) is 0 Å². The van der Waals surface area contributed by atoms with Crippen molar-refractivity contribution < 1.29 is 8.78 Å². The fraction of sp³-hybridized carbons (Fsp3) is 0.625. The highest BCUT2D eigenvalue weighted by Crippen LogP contribution is 2.49. The van der Waals surface area contributed by atoms with Gasteiger partial charge in [-0.1, -0.05) is 76.2 Å². The van der Waals surface area contributed by atoms with E-state index in [-0.39, 0.29) is 17.6 Å². The number of unbranched alkanes of at least 4 members (excludes halogenated alkanes) is 4. The van der Waals surface area contributed by atoms with Crippen LogP contribution in [0.3, 0.4) is 0 Å². The van der Waals surface area contributed by atoms with Gasteiger partial charge in [0.05, 0.1) is 0 Å². The van der Waals surface area contributed by atoms with Crippen LogP contribution in [0.1, 0.15) is 114 Å². The molecule has 0 aliphatic heterocycles. The molecular formula is C32H44F2. The van der Waals surface area contributed by atoms with Crippen LogP contribution in [-0.4, -0.2) is 0 Å². The first-order chi connectivity index (χ1) is 16.6. The average Bonchev–Trinajstić information content (AvgIpc) is 2.85. The molecule has 0 radical (unpaired) electrons. The molecule has 2 aliphatic rings. The summed E-state index contributed by atoms with van der Waals surface area (Å²) < 4.78 is 30.3.